The minimum absolute atomic E-state index is 0.0399. The minimum atomic E-state index is -0.564. The van der Waals surface area contributed by atoms with E-state index in [-0.39, 0.29) is 35.4 Å². The Morgan fingerprint density at radius 3 is 2.42 bits per heavy atom. The fraction of sp³-hybridized carbons (Fsp3) is 0.643. The Hall–Kier alpha value is -2.90. The molecular formula is C28H37N3O5. The first-order valence-corrected chi connectivity index (χ1v) is 13.2. The van der Waals surface area contributed by atoms with Crippen LogP contribution in [0.5, 0.6) is 0 Å². The summed E-state index contributed by atoms with van der Waals surface area (Å²) >= 11 is 0. The fourth-order valence-corrected chi connectivity index (χ4v) is 5.51. The maximum atomic E-state index is 13.3. The van der Waals surface area contributed by atoms with Crippen LogP contribution in [0.2, 0.25) is 0 Å². The standard InChI is InChI=1S/C28H37N3O5/c1-27(2,3)35-26(33)31(22-16-21(22)18-8-6-5-7-9-18)17-28(14-15-28)25-29-23(36-30-25)19-10-12-20(13-11-19)24(32)34-4/h5-9,19-22H,10-17H2,1-4H3. The van der Waals surface area contributed by atoms with Crippen LogP contribution in [-0.4, -0.2) is 52.4 Å². The van der Waals surface area contributed by atoms with Crippen LogP contribution in [0.15, 0.2) is 34.9 Å². The predicted molar refractivity (Wildman–Crippen MR) is 132 cm³/mol. The molecule has 0 bridgehead atoms. The van der Waals surface area contributed by atoms with Crippen molar-refractivity contribution in [1.82, 2.24) is 15.0 Å². The number of ether oxygens (including phenoxy) is 2. The van der Waals surface area contributed by atoms with E-state index in [1.807, 2.05) is 43.9 Å². The Bertz CT molecular complexity index is 1080. The normalized spacial score (nSPS) is 26.7. The second-order valence-electron chi connectivity index (χ2n) is 11.7. The van der Waals surface area contributed by atoms with E-state index in [0.717, 1.165) is 44.9 Å². The molecular weight excluding hydrogens is 458 g/mol. The van der Waals surface area contributed by atoms with Crippen molar-refractivity contribution in [1.29, 1.82) is 0 Å². The number of hydrogen-bond donors (Lipinski definition) is 0. The van der Waals surface area contributed by atoms with E-state index in [4.69, 9.17) is 19.0 Å². The van der Waals surface area contributed by atoms with E-state index in [1.54, 1.807) is 0 Å². The lowest BCUT2D eigenvalue weighted by Gasteiger charge is -2.30. The molecule has 1 amide bonds. The molecule has 0 saturated heterocycles. The van der Waals surface area contributed by atoms with Gasteiger partial charge >= 0.3 is 12.1 Å². The van der Waals surface area contributed by atoms with Crippen molar-refractivity contribution in [2.45, 2.75) is 94.6 Å². The van der Waals surface area contributed by atoms with Gasteiger partial charge < -0.3 is 18.9 Å². The molecule has 3 aliphatic rings. The number of hydrogen-bond acceptors (Lipinski definition) is 7. The molecule has 5 rings (SSSR count). The van der Waals surface area contributed by atoms with Crippen LogP contribution < -0.4 is 0 Å². The average Bonchev–Trinajstić information content (AvgIpc) is 3.78. The number of nitrogens with zero attached hydrogens (tertiary/aromatic N) is 3. The Balaban J connectivity index is 1.29. The van der Waals surface area contributed by atoms with Crippen molar-refractivity contribution >= 4 is 12.1 Å². The van der Waals surface area contributed by atoms with E-state index in [2.05, 4.69) is 17.3 Å². The summed E-state index contributed by atoms with van der Waals surface area (Å²) in [5, 5.41) is 4.38. The van der Waals surface area contributed by atoms with Crippen LogP contribution in [0.1, 0.15) is 94.8 Å². The van der Waals surface area contributed by atoms with Gasteiger partial charge in [0.15, 0.2) is 5.82 Å². The molecule has 1 heterocycles. The van der Waals surface area contributed by atoms with Crippen LogP contribution in [0.25, 0.3) is 0 Å². The molecule has 0 N–H and O–H groups in total. The number of rotatable bonds is 7. The molecule has 8 heteroatoms. The van der Waals surface area contributed by atoms with Crippen molar-refractivity contribution < 1.29 is 23.6 Å². The monoisotopic (exact) mass is 495 g/mol. The van der Waals surface area contributed by atoms with Gasteiger partial charge in [-0.15, -0.1) is 0 Å². The molecule has 36 heavy (non-hydrogen) atoms. The summed E-state index contributed by atoms with van der Waals surface area (Å²) in [6.07, 6.45) is 5.71. The third-order valence-electron chi connectivity index (χ3n) is 7.87. The van der Waals surface area contributed by atoms with Gasteiger partial charge in [-0.05, 0) is 71.3 Å². The van der Waals surface area contributed by atoms with E-state index in [0.29, 0.717) is 24.2 Å². The van der Waals surface area contributed by atoms with E-state index < -0.39 is 5.60 Å². The summed E-state index contributed by atoms with van der Waals surface area (Å²) in [6.45, 7) is 6.23. The second kappa shape index (κ2) is 9.52. The number of esters is 1. The molecule has 8 nitrogen and oxygen atoms in total. The van der Waals surface area contributed by atoms with Crippen molar-refractivity contribution in [3.63, 3.8) is 0 Å². The van der Waals surface area contributed by atoms with Gasteiger partial charge in [0, 0.05) is 24.4 Å². The van der Waals surface area contributed by atoms with E-state index >= 15 is 0 Å². The number of carbonyl (C=O) groups excluding carboxylic acids is 2. The van der Waals surface area contributed by atoms with Gasteiger partial charge in [-0.3, -0.25) is 4.79 Å². The third kappa shape index (κ3) is 5.27. The number of methoxy groups -OCH3 is 1. The van der Waals surface area contributed by atoms with Crippen molar-refractivity contribution in [2.75, 3.05) is 13.7 Å². The van der Waals surface area contributed by atoms with Gasteiger partial charge in [-0.1, -0.05) is 35.5 Å². The largest absolute Gasteiger partial charge is 0.469 e. The van der Waals surface area contributed by atoms with Crippen molar-refractivity contribution in [3.8, 4) is 0 Å². The van der Waals surface area contributed by atoms with Crippen molar-refractivity contribution in [2.24, 2.45) is 5.92 Å². The number of aromatic nitrogens is 2. The highest BCUT2D eigenvalue weighted by Gasteiger charge is 2.55. The lowest BCUT2D eigenvalue weighted by molar-refractivity contribution is -0.146. The summed E-state index contributed by atoms with van der Waals surface area (Å²) in [5.74, 6) is 1.65. The zero-order chi connectivity index (χ0) is 25.5. The predicted octanol–water partition coefficient (Wildman–Crippen LogP) is 5.34. The van der Waals surface area contributed by atoms with Crippen LogP contribution >= 0.6 is 0 Å². The van der Waals surface area contributed by atoms with Crippen LogP contribution in [-0.2, 0) is 19.7 Å². The highest BCUT2D eigenvalue weighted by Crippen LogP contribution is 2.52. The highest BCUT2D eigenvalue weighted by atomic mass is 16.6. The molecule has 3 saturated carbocycles. The summed E-state index contributed by atoms with van der Waals surface area (Å²) in [4.78, 5) is 31.9. The molecule has 1 aromatic heterocycles. The maximum absolute atomic E-state index is 13.3. The Labute approximate surface area is 212 Å². The SMILES string of the molecule is COC(=O)C1CCC(c2nc(C3(CN(C(=O)OC(C)(C)C)C4CC4c4ccccc4)CC3)no2)CC1. The molecule has 2 atom stereocenters. The van der Waals surface area contributed by atoms with E-state index in [1.165, 1.54) is 12.7 Å². The zero-order valence-electron chi connectivity index (χ0n) is 21.7. The molecule has 2 unspecified atom stereocenters. The number of benzene rings is 1. The Kier molecular flexibility index (Phi) is 6.55. The van der Waals surface area contributed by atoms with Gasteiger partial charge in [0.25, 0.3) is 0 Å². The lowest BCUT2D eigenvalue weighted by atomic mass is 9.82. The van der Waals surface area contributed by atoms with Gasteiger partial charge in [0.05, 0.1) is 18.4 Å². The highest BCUT2D eigenvalue weighted by molar-refractivity contribution is 5.72. The summed E-state index contributed by atoms with van der Waals surface area (Å²) in [5.41, 5.74) is 0.405. The smallest absolute Gasteiger partial charge is 0.410 e. The average molecular weight is 496 g/mol. The fourth-order valence-electron chi connectivity index (χ4n) is 5.51. The molecule has 2 aromatic rings. The zero-order valence-corrected chi connectivity index (χ0v) is 21.7. The van der Waals surface area contributed by atoms with Crippen LogP contribution in [0, 0.1) is 5.92 Å². The molecule has 1 aromatic carbocycles. The molecule has 0 spiro atoms. The Morgan fingerprint density at radius 1 is 1.11 bits per heavy atom. The molecule has 0 radical (unpaired) electrons. The van der Waals surface area contributed by atoms with Gasteiger partial charge in [-0.25, -0.2) is 4.79 Å². The number of amides is 1. The molecule has 0 aliphatic heterocycles. The van der Waals surface area contributed by atoms with Gasteiger partial charge in [-0.2, -0.15) is 4.98 Å². The summed E-state index contributed by atoms with van der Waals surface area (Å²) in [7, 11) is 1.44. The van der Waals surface area contributed by atoms with Gasteiger partial charge in [0.2, 0.25) is 5.89 Å². The molecule has 3 fully saturated rings. The lowest BCUT2D eigenvalue weighted by Crippen LogP contribution is -2.43. The first kappa shape index (κ1) is 24.8. The maximum Gasteiger partial charge on any atom is 0.410 e. The quantitative estimate of drug-likeness (QED) is 0.478. The second-order valence-corrected chi connectivity index (χ2v) is 11.7. The first-order valence-electron chi connectivity index (χ1n) is 13.2. The topological polar surface area (TPSA) is 94.8 Å². The molecule has 3 aliphatic carbocycles. The summed E-state index contributed by atoms with van der Waals surface area (Å²) < 4.78 is 16.5. The minimum Gasteiger partial charge on any atom is -0.469 e. The van der Waals surface area contributed by atoms with Gasteiger partial charge in [0.1, 0.15) is 5.60 Å². The third-order valence-corrected chi connectivity index (χ3v) is 7.87. The van der Waals surface area contributed by atoms with Crippen LogP contribution in [0.4, 0.5) is 4.79 Å². The van der Waals surface area contributed by atoms with E-state index in [9.17, 15) is 9.59 Å². The number of carbonyl (C=O) groups is 2. The van der Waals surface area contributed by atoms with Crippen LogP contribution in [0.3, 0.4) is 0 Å². The molecule has 194 valence electrons. The summed E-state index contributed by atoms with van der Waals surface area (Å²) in [6, 6.07) is 10.5. The first-order chi connectivity index (χ1) is 17.2. The Morgan fingerprint density at radius 2 is 1.81 bits per heavy atom. The van der Waals surface area contributed by atoms with Crippen molar-refractivity contribution in [3.05, 3.63) is 47.6 Å².